The fourth-order valence-electron chi connectivity index (χ4n) is 1.61. The highest BCUT2D eigenvalue weighted by Crippen LogP contribution is 2.20. The van der Waals surface area contributed by atoms with Gasteiger partial charge in [-0.05, 0) is 12.8 Å². The van der Waals surface area contributed by atoms with E-state index >= 15 is 0 Å². The van der Waals surface area contributed by atoms with Crippen LogP contribution in [0.1, 0.15) is 25.7 Å². The lowest BCUT2D eigenvalue weighted by molar-refractivity contribution is -0.769. The van der Waals surface area contributed by atoms with Gasteiger partial charge in [-0.3, -0.25) is 4.79 Å². The second-order valence-electron chi connectivity index (χ2n) is 3.04. The van der Waals surface area contributed by atoms with Crippen molar-refractivity contribution in [3.63, 3.8) is 0 Å². The van der Waals surface area contributed by atoms with Crippen molar-refractivity contribution in [3.05, 3.63) is 10.1 Å². The van der Waals surface area contributed by atoms with Crippen LogP contribution in [0.2, 0.25) is 0 Å². The summed E-state index contributed by atoms with van der Waals surface area (Å²) in [7, 11) is 0. The van der Waals surface area contributed by atoms with Gasteiger partial charge in [0.05, 0.1) is 6.04 Å². The molecule has 1 rings (SSSR count). The predicted molar refractivity (Wildman–Crippen MR) is 43.3 cm³/mol. The second kappa shape index (κ2) is 4.64. The Morgan fingerprint density at radius 1 is 1.46 bits per heavy atom. The molecular formula is C7H12N2O4. The molecule has 0 unspecified atom stereocenters. The van der Waals surface area contributed by atoms with Gasteiger partial charge in [-0.2, -0.15) is 0 Å². The van der Waals surface area contributed by atoms with E-state index in [0.29, 0.717) is 12.8 Å². The van der Waals surface area contributed by atoms with Crippen LogP contribution in [-0.2, 0) is 9.63 Å². The first kappa shape index (κ1) is 9.76. The highest BCUT2D eigenvalue weighted by Gasteiger charge is 2.27. The quantitative estimate of drug-likeness (QED) is 0.389. The Morgan fingerprint density at radius 2 is 2.15 bits per heavy atom. The SMILES string of the molecule is O=CN[C@@H]1CCCC[C@H]1O[N+](=O)[O-]. The van der Waals surface area contributed by atoms with E-state index in [2.05, 4.69) is 10.2 Å². The molecule has 0 aliphatic heterocycles. The summed E-state index contributed by atoms with van der Waals surface area (Å²) in [5.41, 5.74) is 0. The lowest BCUT2D eigenvalue weighted by atomic mass is 9.93. The Labute approximate surface area is 75.4 Å². The lowest BCUT2D eigenvalue weighted by Crippen LogP contribution is -2.43. The summed E-state index contributed by atoms with van der Waals surface area (Å²) >= 11 is 0. The van der Waals surface area contributed by atoms with Crippen LogP contribution in [0.5, 0.6) is 0 Å². The van der Waals surface area contributed by atoms with E-state index in [1.807, 2.05) is 0 Å². The summed E-state index contributed by atoms with van der Waals surface area (Å²) in [4.78, 5) is 24.7. The second-order valence-corrected chi connectivity index (χ2v) is 3.04. The van der Waals surface area contributed by atoms with Crippen LogP contribution >= 0.6 is 0 Å². The van der Waals surface area contributed by atoms with Gasteiger partial charge in [0.15, 0.2) is 0 Å². The van der Waals surface area contributed by atoms with E-state index in [9.17, 15) is 14.9 Å². The number of carbonyl (C=O) groups excluding carboxylic acids is 1. The summed E-state index contributed by atoms with van der Waals surface area (Å²) in [6.45, 7) is 0. The molecule has 0 aromatic heterocycles. The largest absolute Gasteiger partial charge is 0.354 e. The van der Waals surface area contributed by atoms with E-state index in [1.165, 1.54) is 0 Å². The molecule has 6 heteroatoms. The molecule has 1 N–H and O–H groups in total. The summed E-state index contributed by atoms with van der Waals surface area (Å²) in [5, 5.41) is 11.8. The summed E-state index contributed by atoms with van der Waals surface area (Å²) in [5.74, 6) is 0. The number of rotatable bonds is 4. The molecule has 1 fully saturated rings. The number of amides is 1. The van der Waals surface area contributed by atoms with Crippen molar-refractivity contribution in [1.82, 2.24) is 5.32 Å². The van der Waals surface area contributed by atoms with Crippen molar-refractivity contribution in [1.29, 1.82) is 0 Å². The predicted octanol–water partition coefficient (Wildman–Crippen LogP) is 0.252. The minimum atomic E-state index is -0.796. The van der Waals surface area contributed by atoms with Crippen molar-refractivity contribution in [2.75, 3.05) is 0 Å². The monoisotopic (exact) mass is 188 g/mol. The molecular weight excluding hydrogens is 176 g/mol. The van der Waals surface area contributed by atoms with E-state index < -0.39 is 11.2 Å². The molecule has 1 amide bonds. The molecule has 0 saturated heterocycles. The number of hydrogen-bond donors (Lipinski definition) is 1. The summed E-state index contributed by atoms with van der Waals surface area (Å²) in [6, 6.07) is -0.211. The molecule has 0 spiro atoms. The van der Waals surface area contributed by atoms with Gasteiger partial charge < -0.3 is 10.2 Å². The lowest BCUT2D eigenvalue weighted by Gasteiger charge is -2.28. The van der Waals surface area contributed by atoms with Crippen LogP contribution in [0.25, 0.3) is 0 Å². The minimum absolute atomic E-state index is 0.211. The van der Waals surface area contributed by atoms with Crippen LogP contribution < -0.4 is 5.32 Å². The zero-order valence-electron chi connectivity index (χ0n) is 7.14. The molecule has 0 radical (unpaired) electrons. The van der Waals surface area contributed by atoms with E-state index in [4.69, 9.17) is 0 Å². The maximum Gasteiger partial charge on any atom is 0.294 e. The van der Waals surface area contributed by atoms with Crippen LogP contribution in [0, 0.1) is 10.1 Å². The average molecular weight is 188 g/mol. The first-order valence-electron chi connectivity index (χ1n) is 4.25. The van der Waals surface area contributed by atoms with Crippen molar-refractivity contribution >= 4 is 6.41 Å². The molecule has 1 aliphatic carbocycles. The van der Waals surface area contributed by atoms with Gasteiger partial charge in [0.2, 0.25) is 6.41 Å². The fraction of sp³-hybridized carbons (Fsp3) is 0.857. The Kier molecular flexibility index (Phi) is 3.48. The zero-order valence-corrected chi connectivity index (χ0v) is 7.14. The molecule has 0 heterocycles. The van der Waals surface area contributed by atoms with Gasteiger partial charge in [0.1, 0.15) is 6.10 Å². The van der Waals surface area contributed by atoms with E-state index in [-0.39, 0.29) is 6.04 Å². The smallest absolute Gasteiger partial charge is 0.294 e. The van der Waals surface area contributed by atoms with Gasteiger partial charge in [-0.25, -0.2) is 0 Å². The Balaban J connectivity index is 2.45. The van der Waals surface area contributed by atoms with E-state index in [1.54, 1.807) is 0 Å². The molecule has 1 saturated carbocycles. The fourth-order valence-corrected chi connectivity index (χ4v) is 1.61. The van der Waals surface area contributed by atoms with Gasteiger partial charge in [-0.15, -0.1) is 10.1 Å². The minimum Gasteiger partial charge on any atom is -0.354 e. The third-order valence-electron chi connectivity index (χ3n) is 2.21. The first-order chi connectivity index (χ1) is 6.24. The number of nitrogens with zero attached hydrogens (tertiary/aromatic N) is 1. The maximum atomic E-state index is 10.2. The highest BCUT2D eigenvalue weighted by molar-refractivity contribution is 5.46. The number of nitrogens with one attached hydrogen (secondary N) is 1. The standard InChI is InChI=1S/C7H12N2O4/c10-5-8-6-3-1-2-4-7(6)13-9(11)12/h5-7H,1-4H2,(H,8,10)/t6-,7-/m1/s1. The van der Waals surface area contributed by atoms with Crippen molar-refractivity contribution in [2.24, 2.45) is 0 Å². The topological polar surface area (TPSA) is 81.5 Å². The summed E-state index contributed by atoms with van der Waals surface area (Å²) < 4.78 is 0. The summed E-state index contributed by atoms with van der Waals surface area (Å²) in [6.07, 6.45) is 3.35. The molecule has 0 bridgehead atoms. The van der Waals surface area contributed by atoms with E-state index in [0.717, 1.165) is 19.3 Å². The average Bonchev–Trinajstić information content (AvgIpc) is 2.08. The maximum absolute atomic E-state index is 10.2. The van der Waals surface area contributed by atoms with Gasteiger partial charge in [-0.1, -0.05) is 12.8 Å². The van der Waals surface area contributed by atoms with Crippen molar-refractivity contribution in [2.45, 2.75) is 37.8 Å². The van der Waals surface area contributed by atoms with Gasteiger partial charge in [0.25, 0.3) is 5.09 Å². The Morgan fingerprint density at radius 3 is 2.77 bits per heavy atom. The molecule has 2 atom stereocenters. The third kappa shape index (κ3) is 2.89. The number of hydrogen-bond acceptors (Lipinski definition) is 4. The van der Waals surface area contributed by atoms with Crippen LogP contribution in [-0.4, -0.2) is 23.6 Å². The first-order valence-corrected chi connectivity index (χ1v) is 4.25. The molecule has 0 aromatic carbocycles. The number of carbonyl (C=O) groups is 1. The molecule has 1 aliphatic rings. The normalized spacial score (nSPS) is 27.7. The molecule has 74 valence electrons. The highest BCUT2D eigenvalue weighted by atomic mass is 17.0. The third-order valence-corrected chi connectivity index (χ3v) is 2.21. The molecule has 0 aromatic rings. The van der Waals surface area contributed by atoms with Crippen LogP contribution in [0.3, 0.4) is 0 Å². The van der Waals surface area contributed by atoms with Gasteiger partial charge in [0, 0.05) is 0 Å². The van der Waals surface area contributed by atoms with Crippen LogP contribution in [0.4, 0.5) is 0 Å². The zero-order chi connectivity index (χ0) is 9.68. The molecule has 6 nitrogen and oxygen atoms in total. The Bertz CT molecular complexity index is 197. The van der Waals surface area contributed by atoms with Crippen molar-refractivity contribution in [3.8, 4) is 0 Å². The Hall–Kier alpha value is -1.33. The van der Waals surface area contributed by atoms with Gasteiger partial charge >= 0.3 is 0 Å². The molecule has 13 heavy (non-hydrogen) atoms. The van der Waals surface area contributed by atoms with Crippen molar-refractivity contribution < 1.29 is 14.7 Å². The van der Waals surface area contributed by atoms with Crippen LogP contribution in [0.15, 0.2) is 0 Å².